The van der Waals surface area contributed by atoms with Crippen LogP contribution in [0.4, 0.5) is 5.69 Å². The first-order valence-electron chi connectivity index (χ1n) is 8.54. The lowest BCUT2D eigenvalue weighted by molar-refractivity contribution is -0.134. The zero-order chi connectivity index (χ0) is 16.8. The van der Waals surface area contributed by atoms with Crippen LogP contribution in [-0.4, -0.2) is 59.1 Å². The molecule has 1 amide bonds. The van der Waals surface area contributed by atoms with Crippen molar-refractivity contribution < 1.29 is 9.90 Å². The highest BCUT2D eigenvalue weighted by Crippen LogP contribution is 2.17. The van der Waals surface area contributed by atoms with Gasteiger partial charge in [0, 0.05) is 44.3 Å². The van der Waals surface area contributed by atoms with E-state index in [1.165, 1.54) is 0 Å². The fraction of sp³-hybridized carbons (Fsp3) is 0.611. The van der Waals surface area contributed by atoms with E-state index >= 15 is 0 Å². The normalized spacial score (nSPS) is 20.5. The quantitative estimate of drug-likeness (QED) is 0.780. The van der Waals surface area contributed by atoms with Crippen molar-refractivity contribution >= 4 is 11.6 Å². The maximum atomic E-state index is 12.5. The highest BCUT2D eigenvalue weighted by molar-refractivity contribution is 5.77. The first-order valence-corrected chi connectivity index (χ1v) is 8.54. The first-order chi connectivity index (χ1) is 11.0. The van der Waals surface area contributed by atoms with Crippen LogP contribution in [0.2, 0.25) is 0 Å². The Labute approximate surface area is 139 Å². The summed E-state index contributed by atoms with van der Waals surface area (Å²) >= 11 is 0. The summed E-state index contributed by atoms with van der Waals surface area (Å²) < 4.78 is 0. The minimum Gasteiger partial charge on any atom is -0.399 e. The van der Waals surface area contributed by atoms with Crippen molar-refractivity contribution in [1.82, 2.24) is 9.80 Å². The average Bonchev–Trinajstić information content (AvgIpc) is 2.53. The van der Waals surface area contributed by atoms with Gasteiger partial charge < -0.3 is 15.7 Å². The van der Waals surface area contributed by atoms with Gasteiger partial charge in [-0.1, -0.05) is 25.1 Å². The van der Waals surface area contributed by atoms with Crippen LogP contribution < -0.4 is 5.73 Å². The number of nitrogen functional groups attached to an aromatic ring is 1. The van der Waals surface area contributed by atoms with E-state index in [-0.39, 0.29) is 12.0 Å². The third-order valence-corrected chi connectivity index (χ3v) is 4.59. The molecule has 2 atom stereocenters. The lowest BCUT2D eigenvalue weighted by atomic mass is 10.1. The van der Waals surface area contributed by atoms with Crippen LogP contribution >= 0.6 is 0 Å². The molecular weight excluding hydrogens is 290 g/mol. The van der Waals surface area contributed by atoms with Gasteiger partial charge >= 0.3 is 0 Å². The lowest BCUT2D eigenvalue weighted by Crippen LogP contribution is -2.55. The van der Waals surface area contributed by atoms with Crippen molar-refractivity contribution in [3.05, 3.63) is 29.8 Å². The molecule has 0 radical (unpaired) electrons. The largest absolute Gasteiger partial charge is 0.399 e. The monoisotopic (exact) mass is 319 g/mol. The molecule has 1 aromatic rings. The number of nitrogens with zero attached hydrogens (tertiary/aromatic N) is 2. The van der Waals surface area contributed by atoms with E-state index in [4.69, 9.17) is 5.73 Å². The fourth-order valence-corrected chi connectivity index (χ4v) is 3.25. The van der Waals surface area contributed by atoms with Gasteiger partial charge in [-0.05, 0) is 31.4 Å². The Hall–Kier alpha value is -1.59. The van der Waals surface area contributed by atoms with Crippen molar-refractivity contribution in [3.8, 4) is 0 Å². The molecule has 0 aliphatic carbocycles. The van der Waals surface area contributed by atoms with Crippen LogP contribution in [0.15, 0.2) is 24.3 Å². The van der Waals surface area contributed by atoms with E-state index in [2.05, 4.69) is 11.8 Å². The van der Waals surface area contributed by atoms with E-state index in [1.807, 2.05) is 36.1 Å². The molecule has 0 bridgehead atoms. The van der Waals surface area contributed by atoms with Gasteiger partial charge in [-0.15, -0.1) is 0 Å². The molecule has 5 nitrogen and oxygen atoms in total. The van der Waals surface area contributed by atoms with E-state index < -0.39 is 0 Å². The van der Waals surface area contributed by atoms with Crippen molar-refractivity contribution in [2.24, 2.45) is 0 Å². The minimum absolute atomic E-state index is 0.198. The van der Waals surface area contributed by atoms with Crippen molar-refractivity contribution in [3.63, 3.8) is 0 Å². The summed E-state index contributed by atoms with van der Waals surface area (Å²) in [6, 6.07) is 8.07. The van der Waals surface area contributed by atoms with Gasteiger partial charge in [0.25, 0.3) is 0 Å². The van der Waals surface area contributed by atoms with Gasteiger partial charge in [0.1, 0.15) is 0 Å². The number of carbonyl (C=O) groups is 1. The van der Waals surface area contributed by atoms with Gasteiger partial charge in [-0.3, -0.25) is 9.69 Å². The summed E-state index contributed by atoms with van der Waals surface area (Å²) in [7, 11) is 0. The van der Waals surface area contributed by atoms with Gasteiger partial charge in [-0.25, -0.2) is 0 Å². The fourth-order valence-electron chi connectivity index (χ4n) is 3.25. The summed E-state index contributed by atoms with van der Waals surface area (Å²) in [5.74, 6) is 0.198. The van der Waals surface area contributed by atoms with Crippen molar-refractivity contribution in [1.29, 1.82) is 0 Å². The van der Waals surface area contributed by atoms with Crippen LogP contribution in [0, 0.1) is 0 Å². The Bertz CT molecular complexity index is 519. The number of piperazine rings is 1. The Morgan fingerprint density at radius 3 is 2.78 bits per heavy atom. The molecule has 1 saturated heterocycles. The lowest BCUT2D eigenvalue weighted by Gasteiger charge is -2.41. The number of aliphatic hydroxyl groups is 1. The molecule has 128 valence electrons. The Kier molecular flexibility index (Phi) is 6.42. The zero-order valence-electron chi connectivity index (χ0n) is 14.2. The standard InChI is InChI=1S/C18H29N3O2/c1-3-16-13-21(11-10-20(16)12-14(2)22)18(23)9-8-15-6-4-5-7-17(15)19/h4-7,14,16,22H,3,8-13,19H2,1-2H3. The third-order valence-electron chi connectivity index (χ3n) is 4.59. The number of β-amino-alcohol motifs (C(OH)–C–C–N with tert-alkyl or cyclic N) is 1. The second-order valence-corrected chi connectivity index (χ2v) is 6.44. The summed E-state index contributed by atoms with van der Waals surface area (Å²) in [5, 5.41) is 9.60. The topological polar surface area (TPSA) is 69.8 Å². The summed E-state index contributed by atoms with van der Waals surface area (Å²) in [6.07, 6.45) is 1.85. The molecule has 5 heteroatoms. The van der Waals surface area contributed by atoms with Crippen LogP contribution in [-0.2, 0) is 11.2 Å². The van der Waals surface area contributed by atoms with E-state index in [0.29, 0.717) is 25.4 Å². The van der Waals surface area contributed by atoms with Crippen LogP contribution in [0.5, 0.6) is 0 Å². The molecule has 0 saturated carbocycles. The maximum Gasteiger partial charge on any atom is 0.222 e. The number of hydrogen-bond donors (Lipinski definition) is 2. The number of aryl methyl sites for hydroxylation is 1. The Morgan fingerprint density at radius 1 is 1.39 bits per heavy atom. The Balaban J connectivity index is 1.87. The number of nitrogens with two attached hydrogens (primary N) is 1. The first kappa shape index (κ1) is 17.8. The molecule has 1 aromatic carbocycles. The molecule has 0 spiro atoms. The third kappa shape index (κ3) is 4.94. The van der Waals surface area contributed by atoms with E-state index in [0.717, 1.165) is 37.3 Å². The van der Waals surface area contributed by atoms with Gasteiger partial charge in [0.15, 0.2) is 0 Å². The highest BCUT2D eigenvalue weighted by atomic mass is 16.3. The molecule has 2 unspecified atom stereocenters. The van der Waals surface area contributed by atoms with Crippen molar-refractivity contribution in [2.75, 3.05) is 31.9 Å². The van der Waals surface area contributed by atoms with Crippen molar-refractivity contribution in [2.45, 2.75) is 45.3 Å². The number of rotatable bonds is 6. The number of benzene rings is 1. The summed E-state index contributed by atoms with van der Waals surface area (Å²) in [4.78, 5) is 16.7. The second kappa shape index (κ2) is 8.31. The number of amides is 1. The SMILES string of the molecule is CCC1CN(C(=O)CCc2ccccc2N)CCN1CC(C)O. The van der Waals surface area contributed by atoms with Gasteiger partial charge in [-0.2, -0.15) is 0 Å². The minimum atomic E-state index is -0.327. The summed E-state index contributed by atoms with van der Waals surface area (Å²) in [6.45, 7) is 6.97. The molecular formula is C18H29N3O2. The molecule has 1 fully saturated rings. The van der Waals surface area contributed by atoms with Crippen LogP contribution in [0.1, 0.15) is 32.3 Å². The number of hydrogen-bond acceptors (Lipinski definition) is 4. The predicted octanol–water partition coefficient (Wildman–Crippen LogP) is 1.50. The molecule has 3 N–H and O–H groups in total. The van der Waals surface area contributed by atoms with E-state index in [9.17, 15) is 9.90 Å². The smallest absolute Gasteiger partial charge is 0.222 e. The van der Waals surface area contributed by atoms with Gasteiger partial charge in [0.2, 0.25) is 5.91 Å². The molecule has 2 rings (SSSR count). The van der Waals surface area contributed by atoms with Crippen LogP contribution in [0.3, 0.4) is 0 Å². The Morgan fingerprint density at radius 2 is 2.13 bits per heavy atom. The molecule has 1 aliphatic rings. The van der Waals surface area contributed by atoms with E-state index in [1.54, 1.807) is 0 Å². The second-order valence-electron chi connectivity index (χ2n) is 6.44. The highest BCUT2D eigenvalue weighted by Gasteiger charge is 2.28. The predicted molar refractivity (Wildman–Crippen MR) is 93.1 cm³/mol. The summed E-state index contributed by atoms with van der Waals surface area (Å²) in [5.41, 5.74) is 7.74. The number of aliphatic hydroxyl groups excluding tert-OH is 1. The molecule has 23 heavy (non-hydrogen) atoms. The molecule has 1 heterocycles. The zero-order valence-corrected chi connectivity index (χ0v) is 14.2. The van der Waals surface area contributed by atoms with Gasteiger partial charge in [0.05, 0.1) is 6.10 Å². The van der Waals surface area contributed by atoms with Crippen LogP contribution in [0.25, 0.3) is 0 Å². The molecule has 1 aliphatic heterocycles. The molecule has 0 aromatic heterocycles. The maximum absolute atomic E-state index is 12.5. The number of anilines is 1. The number of para-hydroxylation sites is 1. The average molecular weight is 319 g/mol. The number of carbonyl (C=O) groups excluding carboxylic acids is 1.